The molecule has 5 nitrogen and oxygen atoms in total. The second-order valence-electron chi connectivity index (χ2n) is 4.95. The molecule has 0 fully saturated rings. The van der Waals surface area contributed by atoms with Gasteiger partial charge in [-0.15, -0.1) is 0 Å². The van der Waals surface area contributed by atoms with Crippen LogP contribution >= 0.6 is 0 Å². The number of para-hydroxylation sites is 1. The van der Waals surface area contributed by atoms with E-state index in [9.17, 15) is 9.59 Å². The SMILES string of the molecule is Cc1c(N)ccc2c(=O)c3cccc(CC(=O)O)c3oc12. The van der Waals surface area contributed by atoms with E-state index in [-0.39, 0.29) is 11.8 Å². The zero-order chi connectivity index (χ0) is 15.1. The van der Waals surface area contributed by atoms with Crippen molar-refractivity contribution in [2.75, 3.05) is 5.73 Å². The number of aliphatic carboxylic acids is 1. The van der Waals surface area contributed by atoms with E-state index in [0.29, 0.717) is 38.8 Å². The molecule has 1 heterocycles. The lowest BCUT2D eigenvalue weighted by atomic mass is 10.0. The second-order valence-corrected chi connectivity index (χ2v) is 4.95. The molecule has 3 rings (SSSR count). The summed E-state index contributed by atoms with van der Waals surface area (Å²) in [6.45, 7) is 1.77. The number of nitrogens with two attached hydrogens (primary N) is 1. The van der Waals surface area contributed by atoms with Gasteiger partial charge in [-0.05, 0) is 25.1 Å². The van der Waals surface area contributed by atoms with E-state index in [2.05, 4.69) is 0 Å². The predicted octanol–water partition coefficient (Wildman–Crippen LogP) is 2.46. The van der Waals surface area contributed by atoms with E-state index in [1.165, 1.54) is 0 Å². The maximum Gasteiger partial charge on any atom is 0.307 e. The van der Waals surface area contributed by atoms with Gasteiger partial charge in [0.25, 0.3) is 0 Å². The Morgan fingerprint density at radius 1 is 1.19 bits per heavy atom. The topological polar surface area (TPSA) is 93.5 Å². The Morgan fingerprint density at radius 3 is 2.62 bits per heavy atom. The molecule has 0 amide bonds. The molecule has 21 heavy (non-hydrogen) atoms. The van der Waals surface area contributed by atoms with Gasteiger partial charge in [-0.1, -0.05) is 12.1 Å². The second kappa shape index (κ2) is 4.63. The quantitative estimate of drug-likeness (QED) is 0.556. The number of carbonyl (C=O) groups is 1. The molecule has 3 aromatic rings. The first-order valence-corrected chi connectivity index (χ1v) is 6.44. The molecule has 0 radical (unpaired) electrons. The zero-order valence-electron chi connectivity index (χ0n) is 11.3. The zero-order valence-corrected chi connectivity index (χ0v) is 11.3. The van der Waals surface area contributed by atoms with Crippen molar-refractivity contribution in [1.82, 2.24) is 0 Å². The maximum absolute atomic E-state index is 12.5. The Kier molecular flexibility index (Phi) is 2.90. The first-order valence-electron chi connectivity index (χ1n) is 6.44. The van der Waals surface area contributed by atoms with Gasteiger partial charge in [0.15, 0.2) is 0 Å². The molecule has 0 atom stereocenters. The van der Waals surface area contributed by atoms with Crippen LogP contribution in [0.25, 0.3) is 21.9 Å². The van der Waals surface area contributed by atoms with Gasteiger partial charge in [-0.2, -0.15) is 0 Å². The average molecular weight is 283 g/mol. The first-order chi connectivity index (χ1) is 9.99. The van der Waals surface area contributed by atoms with Crippen LogP contribution in [0.15, 0.2) is 39.5 Å². The van der Waals surface area contributed by atoms with Crippen LogP contribution in [0.5, 0.6) is 0 Å². The highest BCUT2D eigenvalue weighted by Gasteiger charge is 2.14. The van der Waals surface area contributed by atoms with Crippen molar-refractivity contribution >= 4 is 33.6 Å². The van der Waals surface area contributed by atoms with Crippen LogP contribution in [-0.4, -0.2) is 11.1 Å². The summed E-state index contributed by atoms with van der Waals surface area (Å²) in [4.78, 5) is 23.5. The third-order valence-corrected chi connectivity index (χ3v) is 3.58. The lowest BCUT2D eigenvalue weighted by Crippen LogP contribution is -2.07. The summed E-state index contributed by atoms with van der Waals surface area (Å²) < 4.78 is 5.83. The van der Waals surface area contributed by atoms with Crippen molar-refractivity contribution in [2.45, 2.75) is 13.3 Å². The summed E-state index contributed by atoms with van der Waals surface area (Å²) in [5.74, 6) is -0.977. The Labute approximate surface area is 119 Å². The van der Waals surface area contributed by atoms with Gasteiger partial charge < -0.3 is 15.3 Å². The lowest BCUT2D eigenvalue weighted by Gasteiger charge is -2.08. The molecule has 0 saturated carbocycles. The molecule has 0 saturated heterocycles. The molecular weight excluding hydrogens is 270 g/mol. The highest BCUT2D eigenvalue weighted by atomic mass is 16.4. The Bertz CT molecular complexity index is 940. The molecule has 2 aromatic carbocycles. The largest absolute Gasteiger partial charge is 0.481 e. The minimum Gasteiger partial charge on any atom is -0.481 e. The molecule has 5 heteroatoms. The molecule has 0 aliphatic heterocycles. The van der Waals surface area contributed by atoms with Gasteiger partial charge in [0.05, 0.1) is 17.2 Å². The summed E-state index contributed by atoms with van der Waals surface area (Å²) in [5.41, 5.74) is 8.06. The summed E-state index contributed by atoms with van der Waals surface area (Å²) in [5, 5.41) is 9.79. The fourth-order valence-electron chi connectivity index (χ4n) is 2.45. The van der Waals surface area contributed by atoms with E-state index in [4.69, 9.17) is 15.3 Å². The van der Waals surface area contributed by atoms with Crippen LogP contribution in [0.3, 0.4) is 0 Å². The van der Waals surface area contributed by atoms with Gasteiger partial charge in [-0.25, -0.2) is 0 Å². The van der Waals surface area contributed by atoms with E-state index in [1.807, 2.05) is 0 Å². The number of nitrogen functional groups attached to an aromatic ring is 1. The van der Waals surface area contributed by atoms with E-state index in [1.54, 1.807) is 37.3 Å². The number of anilines is 1. The predicted molar refractivity (Wildman–Crippen MR) is 80.5 cm³/mol. The fraction of sp³-hybridized carbons (Fsp3) is 0.125. The molecule has 0 aliphatic carbocycles. The first kappa shape index (κ1) is 13.2. The van der Waals surface area contributed by atoms with Crippen molar-refractivity contribution in [3.8, 4) is 0 Å². The van der Waals surface area contributed by atoms with Crippen LogP contribution in [0.1, 0.15) is 11.1 Å². The van der Waals surface area contributed by atoms with E-state index in [0.717, 1.165) is 0 Å². The number of benzene rings is 2. The third kappa shape index (κ3) is 2.03. The van der Waals surface area contributed by atoms with Gasteiger partial charge in [-0.3, -0.25) is 9.59 Å². The van der Waals surface area contributed by atoms with Crippen LogP contribution in [0.4, 0.5) is 5.69 Å². The number of rotatable bonds is 2. The maximum atomic E-state index is 12.5. The standard InChI is InChI=1S/C16H13NO4/c1-8-12(17)6-5-11-14(20)10-4-2-3-9(7-13(18)19)16(10)21-15(8)11/h2-6H,7,17H2,1H3,(H,18,19). The Morgan fingerprint density at radius 2 is 1.90 bits per heavy atom. The number of hydrogen-bond donors (Lipinski definition) is 2. The fourth-order valence-corrected chi connectivity index (χ4v) is 2.45. The minimum absolute atomic E-state index is 0.179. The molecule has 3 N–H and O–H groups in total. The molecule has 0 bridgehead atoms. The number of carboxylic acids is 1. The molecule has 0 unspecified atom stereocenters. The third-order valence-electron chi connectivity index (χ3n) is 3.58. The van der Waals surface area contributed by atoms with Crippen LogP contribution in [0.2, 0.25) is 0 Å². The normalized spacial score (nSPS) is 11.1. The summed E-state index contributed by atoms with van der Waals surface area (Å²) in [6, 6.07) is 8.24. The van der Waals surface area contributed by atoms with Crippen LogP contribution in [-0.2, 0) is 11.2 Å². The highest BCUT2D eigenvalue weighted by molar-refractivity contribution is 5.94. The number of fused-ring (bicyclic) bond motifs is 2. The average Bonchev–Trinajstić information content (AvgIpc) is 2.44. The van der Waals surface area contributed by atoms with Crippen molar-refractivity contribution in [1.29, 1.82) is 0 Å². The van der Waals surface area contributed by atoms with E-state index < -0.39 is 5.97 Å². The van der Waals surface area contributed by atoms with Crippen molar-refractivity contribution in [3.05, 3.63) is 51.7 Å². The van der Waals surface area contributed by atoms with Crippen LogP contribution < -0.4 is 11.2 Å². The lowest BCUT2D eigenvalue weighted by molar-refractivity contribution is -0.136. The molecule has 0 aliphatic rings. The minimum atomic E-state index is -0.977. The van der Waals surface area contributed by atoms with Crippen LogP contribution in [0, 0.1) is 6.92 Å². The van der Waals surface area contributed by atoms with Gasteiger partial charge >= 0.3 is 5.97 Å². The van der Waals surface area contributed by atoms with Gasteiger partial charge in [0.2, 0.25) is 5.43 Å². The van der Waals surface area contributed by atoms with Crippen molar-refractivity contribution in [3.63, 3.8) is 0 Å². The molecule has 106 valence electrons. The Balaban J connectivity index is 2.49. The highest BCUT2D eigenvalue weighted by Crippen LogP contribution is 2.27. The molecular formula is C16H13NO4. The number of hydrogen-bond acceptors (Lipinski definition) is 4. The summed E-state index contributed by atoms with van der Waals surface area (Å²) in [7, 11) is 0. The van der Waals surface area contributed by atoms with Gasteiger partial charge in [0.1, 0.15) is 11.2 Å². The van der Waals surface area contributed by atoms with Gasteiger partial charge in [0, 0.05) is 16.8 Å². The Hall–Kier alpha value is -2.82. The summed E-state index contributed by atoms with van der Waals surface area (Å²) in [6.07, 6.45) is -0.201. The monoisotopic (exact) mass is 283 g/mol. The number of aryl methyl sites for hydroxylation is 1. The summed E-state index contributed by atoms with van der Waals surface area (Å²) >= 11 is 0. The van der Waals surface area contributed by atoms with E-state index >= 15 is 0 Å². The number of carboxylic acid groups (broad SMARTS) is 1. The molecule has 0 spiro atoms. The molecule has 1 aromatic heterocycles. The van der Waals surface area contributed by atoms with Crippen molar-refractivity contribution in [2.24, 2.45) is 0 Å². The smallest absolute Gasteiger partial charge is 0.307 e. The van der Waals surface area contributed by atoms with Crippen molar-refractivity contribution < 1.29 is 14.3 Å².